The highest BCUT2D eigenvalue weighted by Gasteiger charge is 2.38. The number of rotatable bonds is 4. The summed E-state index contributed by atoms with van der Waals surface area (Å²) in [6, 6.07) is 3.91. The Bertz CT molecular complexity index is 1120. The van der Waals surface area contributed by atoms with Gasteiger partial charge in [-0.1, -0.05) is 0 Å². The zero-order valence-electron chi connectivity index (χ0n) is 17.1. The second-order valence-corrected chi connectivity index (χ2v) is 8.23. The highest BCUT2D eigenvalue weighted by molar-refractivity contribution is 5.94. The number of morpholine rings is 1. The van der Waals surface area contributed by atoms with Crippen LogP contribution in [0.5, 0.6) is 0 Å². The minimum atomic E-state index is -0.493. The summed E-state index contributed by atoms with van der Waals surface area (Å²) in [5.41, 5.74) is 1.29. The molecule has 30 heavy (non-hydrogen) atoms. The molecule has 3 aromatic rings. The van der Waals surface area contributed by atoms with E-state index in [1.165, 1.54) is 12.1 Å². The van der Waals surface area contributed by atoms with Crippen molar-refractivity contribution in [3.8, 4) is 0 Å². The van der Waals surface area contributed by atoms with Gasteiger partial charge in [-0.15, -0.1) is 5.10 Å². The molecule has 3 saturated heterocycles. The van der Waals surface area contributed by atoms with Gasteiger partial charge in [0.05, 0.1) is 23.9 Å². The van der Waals surface area contributed by atoms with E-state index in [0.717, 1.165) is 41.8 Å². The molecule has 6 rings (SSSR count). The van der Waals surface area contributed by atoms with E-state index in [1.54, 1.807) is 20.0 Å². The molecule has 3 aliphatic heterocycles. The lowest BCUT2D eigenvalue weighted by molar-refractivity contribution is -0.133. The van der Waals surface area contributed by atoms with Crippen molar-refractivity contribution in [3.05, 3.63) is 52.9 Å². The summed E-state index contributed by atoms with van der Waals surface area (Å²) < 4.78 is 34.2. The number of hydrogen-bond acceptors (Lipinski definition) is 6. The molecule has 2 bridgehead atoms. The van der Waals surface area contributed by atoms with Gasteiger partial charge < -0.3 is 15.0 Å². The molecule has 0 radical (unpaired) electrons. The van der Waals surface area contributed by atoms with Gasteiger partial charge in [0.2, 0.25) is 0 Å². The SMILES string of the molecule is Cc1cc(F)cc([C@@H](C)Nc2nnc(C)c3cnc(N4CC5CC(C4)O5)cc23)c1F. The molecule has 0 aliphatic carbocycles. The maximum Gasteiger partial charge on any atom is 0.157 e. The Hall–Kier alpha value is -2.87. The predicted octanol–water partition coefficient (Wildman–Crippen LogP) is 4.07. The summed E-state index contributed by atoms with van der Waals surface area (Å²) >= 11 is 0. The average molecular weight is 411 g/mol. The summed E-state index contributed by atoms with van der Waals surface area (Å²) in [5, 5.41) is 13.5. The van der Waals surface area contributed by atoms with Crippen molar-refractivity contribution in [2.45, 2.75) is 45.4 Å². The molecule has 8 heteroatoms. The molecule has 0 spiro atoms. The molecule has 3 atom stereocenters. The van der Waals surface area contributed by atoms with Gasteiger partial charge in [0.15, 0.2) is 5.82 Å². The Morgan fingerprint density at radius 1 is 1.10 bits per heavy atom. The molecule has 6 nitrogen and oxygen atoms in total. The maximum atomic E-state index is 14.6. The Morgan fingerprint density at radius 2 is 1.83 bits per heavy atom. The second-order valence-electron chi connectivity index (χ2n) is 8.23. The molecular weight excluding hydrogens is 388 g/mol. The summed E-state index contributed by atoms with van der Waals surface area (Å²) in [6.45, 7) is 6.85. The molecule has 0 saturated carbocycles. The lowest BCUT2D eigenvalue weighted by atomic mass is 9.98. The number of ether oxygens (including phenoxy) is 1. The van der Waals surface area contributed by atoms with E-state index in [0.29, 0.717) is 5.82 Å². The van der Waals surface area contributed by atoms with Crippen LogP contribution in [0.4, 0.5) is 20.4 Å². The van der Waals surface area contributed by atoms with Crippen LogP contribution in [0.25, 0.3) is 10.8 Å². The summed E-state index contributed by atoms with van der Waals surface area (Å²) in [6.07, 6.45) is 3.46. The van der Waals surface area contributed by atoms with Gasteiger partial charge in [-0.2, -0.15) is 5.10 Å². The van der Waals surface area contributed by atoms with Crippen LogP contribution >= 0.6 is 0 Å². The van der Waals surface area contributed by atoms with Crippen molar-refractivity contribution in [2.24, 2.45) is 0 Å². The van der Waals surface area contributed by atoms with Crippen LogP contribution in [-0.4, -0.2) is 40.5 Å². The van der Waals surface area contributed by atoms with Crippen molar-refractivity contribution >= 4 is 22.4 Å². The van der Waals surface area contributed by atoms with E-state index >= 15 is 0 Å². The normalized spacial score (nSPS) is 21.4. The topological polar surface area (TPSA) is 63.2 Å². The smallest absolute Gasteiger partial charge is 0.157 e. The molecular formula is C22H23F2N5O. The van der Waals surface area contributed by atoms with Crippen molar-refractivity contribution in [3.63, 3.8) is 0 Å². The molecule has 3 fully saturated rings. The summed E-state index contributed by atoms with van der Waals surface area (Å²) in [4.78, 5) is 6.85. The van der Waals surface area contributed by atoms with Crippen LogP contribution in [0.2, 0.25) is 0 Å². The third-order valence-electron chi connectivity index (χ3n) is 5.98. The Labute approximate surface area is 173 Å². The number of benzene rings is 1. The number of aromatic nitrogens is 3. The van der Waals surface area contributed by atoms with Crippen LogP contribution < -0.4 is 10.2 Å². The number of piperidine rings is 1. The first-order valence-electron chi connectivity index (χ1n) is 10.1. The van der Waals surface area contributed by atoms with Gasteiger partial charge in [-0.05, 0) is 44.5 Å². The number of fused-ring (bicyclic) bond motifs is 3. The number of hydrogen-bond donors (Lipinski definition) is 1. The zero-order chi connectivity index (χ0) is 21.0. The monoisotopic (exact) mass is 411 g/mol. The quantitative estimate of drug-likeness (QED) is 0.698. The van der Waals surface area contributed by atoms with E-state index in [9.17, 15) is 8.78 Å². The first-order chi connectivity index (χ1) is 14.4. The molecule has 2 aromatic heterocycles. The number of anilines is 2. The average Bonchev–Trinajstić information content (AvgIpc) is 2.72. The van der Waals surface area contributed by atoms with Crippen LogP contribution in [-0.2, 0) is 4.74 Å². The third-order valence-corrected chi connectivity index (χ3v) is 5.98. The Morgan fingerprint density at radius 3 is 2.57 bits per heavy atom. The summed E-state index contributed by atoms with van der Waals surface area (Å²) in [5.74, 6) is 0.494. The molecule has 1 N–H and O–H groups in total. The first kappa shape index (κ1) is 19.1. The van der Waals surface area contributed by atoms with Gasteiger partial charge in [0.25, 0.3) is 0 Å². The predicted molar refractivity (Wildman–Crippen MR) is 111 cm³/mol. The largest absolute Gasteiger partial charge is 0.371 e. The van der Waals surface area contributed by atoms with Crippen molar-refractivity contribution < 1.29 is 13.5 Å². The van der Waals surface area contributed by atoms with Crippen LogP contribution in [0.15, 0.2) is 24.4 Å². The van der Waals surface area contributed by atoms with Gasteiger partial charge >= 0.3 is 0 Å². The fraction of sp³-hybridized carbons (Fsp3) is 0.409. The molecule has 156 valence electrons. The van der Waals surface area contributed by atoms with E-state index < -0.39 is 17.7 Å². The number of nitrogens with one attached hydrogen (secondary N) is 1. The molecule has 0 amide bonds. The van der Waals surface area contributed by atoms with E-state index in [4.69, 9.17) is 4.74 Å². The highest BCUT2D eigenvalue weighted by Crippen LogP contribution is 2.34. The van der Waals surface area contributed by atoms with Gasteiger partial charge in [-0.3, -0.25) is 0 Å². The number of pyridine rings is 1. The van der Waals surface area contributed by atoms with Crippen molar-refractivity contribution in [1.82, 2.24) is 15.2 Å². The van der Waals surface area contributed by atoms with Gasteiger partial charge in [0, 0.05) is 42.0 Å². The zero-order valence-corrected chi connectivity index (χ0v) is 17.1. The molecule has 2 unspecified atom stereocenters. The van der Waals surface area contributed by atoms with Gasteiger partial charge in [-0.25, -0.2) is 13.8 Å². The number of halogens is 2. The highest BCUT2D eigenvalue weighted by atomic mass is 19.1. The lowest BCUT2D eigenvalue weighted by Crippen LogP contribution is -2.57. The number of nitrogens with zero attached hydrogens (tertiary/aromatic N) is 4. The molecule has 1 aromatic carbocycles. The standard InChI is InChI=1S/C22H23F2N5O/c1-11-4-14(23)5-17(21(11)24)12(2)26-22-18-7-20(25-8-19(18)13(3)27-28-22)29-9-15-6-16(10-29)30-15/h4-5,7-8,12,15-16H,6,9-10H2,1-3H3,(H,26,28)/t12-,15?,16?/m1/s1. The van der Waals surface area contributed by atoms with Crippen LogP contribution in [0, 0.1) is 25.5 Å². The summed E-state index contributed by atoms with van der Waals surface area (Å²) in [7, 11) is 0. The Kier molecular flexibility index (Phi) is 4.54. The fourth-order valence-electron chi connectivity index (χ4n) is 4.33. The Balaban J connectivity index is 1.50. The van der Waals surface area contributed by atoms with E-state index in [-0.39, 0.29) is 23.3 Å². The van der Waals surface area contributed by atoms with E-state index in [2.05, 4.69) is 25.4 Å². The second kappa shape index (κ2) is 7.12. The minimum absolute atomic E-state index is 0.255. The fourth-order valence-corrected chi connectivity index (χ4v) is 4.33. The third kappa shape index (κ3) is 3.25. The van der Waals surface area contributed by atoms with Crippen LogP contribution in [0.1, 0.15) is 36.2 Å². The minimum Gasteiger partial charge on any atom is -0.371 e. The van der Waals surface area contributed by atoms with Crippen molar-refractivity contribution in [1.29, 1.82) is 0 Å². The number of aryl methyl sites for hydroxylation is 2. The lowest BCUT2D eigenvalue weighted by Gasteiger charge is -2.47. The van der Waals surface area contributed by atoms with E-state index in [1.807, 2.05) is 13.0 Å². The van der Waals surface area contributed by atoms with Crippen LogP contribution in [0.3, 0.4) is 0 Å². The van der Waals surface area contributed by atoms with Gasteiger partial charge in [0.1, 0.15) is 17.5 Å². The maximum absolute atomic E-state index is 14.6. The first-order valence-corrected chi connectivity index (χ1v) is 10.1. The molecule has 3 aliphatic rings. The molecule has 5 heterocycles. The van der Waals surface area contributed by atoms with Crippen molar-refractivity contribution in [2.75, 3.05) is 23.3 Å².